The molecule has 0 radical (unpaired) electrons. The van der Waals surface area contributed by atoms with Gasteiger partial charge < -0.3 is 5.32 Å². The van der Waals surface area contributed by atoms with E-state index in [1.54, 1.807) is 6.07 Å². The molecule has 0 aliphatic heterocycles. The maximum atomic E-state index is 12.4. The largest absolute Gasteiger partial charge is 0.346 e. The summed E-state index contributed by atoms with van der Waals surface area (Å²) in [6, 6.07) is 18.4. The third kappa shape index (κ3) is 3.63. The summed E-state index contributed by atoms with van der Waals surface area (Å²) in [6.07, 6.45) is 0. The van der Waals surface area contributed by atoms with Gasteiger partial charge in [0.25, 0.3) is 11.5 Å². The van der Waals surface area contributed by atoms with E-state index in [2.05, 4.69) is 15.4 Å². The number of nitrogens with zero attached hydrogens (tertiary/aromatic N) is 3. The molecule has 0 aliphatic rings. The van der Waals surface area contributed by atoms with Crippen LogP contribution in [0.5, 0.6) is 0 Å². The molecule has 134 valence electrons. The standard InChI is InChI=1S/C20H16N4O2S/c1-13-6-5-9-15(10-13)18(26)21-12-16-11-17(25)24-20(22-16)27-19(23-24)14-7-3-2-4-8-14/h2-11H,12H2,1H3,(H,21,26). The highest BCUT2D eigenvalue weighted by Gasteiger charge is 2.11. The molecule has 27 heavy (non-hydrogen) atoms. The smallest absolute Gasteiger partial charge is 0.275 e. The third-order valence-electron chi connectivity index (χ3n) is 4.03. The van der Waals surface area contributed by atoms with Crippen molar-refractivity contribution in [2.45, 2.75) is 13.5 Å². The maximum absolute atomic E-state index is 12.4. The number of nitrogens with one attached hydrogen (secondary N) is 1. The number of rotatable bonds is 4. The van der Waals surface area contributed by atoms with Gasteiger partial charge in [-0.3, -0.25) is 9.59 Å². The van der Waals surface area contributed by atoms with Gasteiger partial charge in [-0.15, -0.1) is 0 Å². The van der Waals surface area contributed by atoms with Crippen LogP contribution in [0.3, 0.4) is 0 Å². The molecule has 0 fully saturated rings. The van der Waals surface area contributed by atoms with Crippen LogP contribution in [-0.2, 0) is 6.54 Å². The lowest BCUT2D eigenvalue weighted by molar-refractivity contribution is 0.0950. The first-order valence-electron chi connectivity index (χ1n) is 8.40. The highest BCUT2D eigenvalue weighted by atomic mass is 32.1. The Morgan fingerprint density at radius 3 is 2.70 bits per heavy atom. The zero-order valence-corrected chi connectivity index (χ0v) is 15.4. The molecule has 6 nitrogen and oxygen atoms in total. The normalized spacial score (nSPS) is 10.9. The first-order chi connectivity index (χ1) is 13.1. The Morgan fingerprint density at radius 1 is 1.11 bits per heavy atom. The van der Waals surface area contributed by atoms with E-state index in [9.17, 15) is 9.59 Å². The Kier molecular flexibility index (Phi) is 4.52. The van der Waals surface area contributed by atoms with Gasteiger partial charge in [0.05, 0.1) is 12.2 Å². The van der Waals surface area contributed by atoms with Crippen LogP contribution in [0.2, 0.25) is 0 Å². The summed E-state index contributed by atoms with van der Waals surface area (Å²) in [4.78, 5) is 29.6. The van der Waals surface area contributed by atoms with Crippen molar-refractivity contribution in [3.63, 3.8) is 0 Å². The van der Waals surface area contributed by atoms with Crippen LogP contribution in [-0.4, -0.2) is 20.5 Å². The second kappa shape index (κ2) is 7.13. The maximum Gasteiger partial charge on any atom is 0.275 e. The summed E-state index contributed by atoms with van der Waals surface area (Å²) in [5.74, 6) is -0.199. The molecule has 0 unspecified atom stereocenters. The van der Waals surface area contributed by atoms with Gasteiger partial charge in [-0.1, -0.05) is 59.4 Å². The number of amides is 1. The summed E-state index contributed by atoms with van der Waals surface area (Å²) in [5, 5.41) is 7.88. The fourth-order valence-electron chi connectivity index (χ4n) is 2.70. The van der Waals surface area contributed by atoms with Crippen molar-refractivity contribution < 1.29 is 4.79 Å². The summed E-state index contributed by atoms with van der Waals surface area (Å²) in [5.41, 5.74) is 2.76. The Bertz CT molecular complexity index is 1180. The van der Waals surface area contributed by atoms with Gasteiger partial charge >= 0.3 is 0 Å². The molecule has 0 saturated heterocycles. The molecule has 2 heterocycles. The first kappa shape index (κ1) is 17.1. The fourth-order valence-corrected chi connectivity index (χ4v) is 3.63. The lowest BCUT2D eigenvalue weighted by Crippen LogP contribution is -2.25. The van der Waals surface area contributed by atoms with E-state index < -0.39 is 0 Å². The fraction of sp³-hybridized carbons (Fsp3) is 0.100. The molecule has 0 atom stereocenters. The Morgan fingerprint density at radius 2 is 1.93 bits per heavy atom. The molecule has 2 aromatic heterocycles. The van der Waals surface area contributed by atoms with Crippen molar-refractivity contribution in [3.05, 3.63) is 87.8 Å². The van der Waals surface area contributed by atoms with E-state index in [0.29, 0.717) is 16.2 Å². The number of carbonyl (C=O) groups is 1. The summed E-state index contributed by atoms with van der Waals surface area (Å²) >= 11 is 1.34. The van der Waals surface area contributed by atoms with Gasteiger partial charge in [0.15, 0.2) is 0 Å². The van der Waals surface area contributed by atoms with Crippen molar-refractivity contribution in [1.29, 1.82) is 0 Å². The zero-order chi connectivity index (χ0) is 18.8. The van der Waals surface area contributed by atoms with E-state index >= 15 is 0 Å². The Hall–Kier alpha value is -3.32. The number of hydrogen-bond donors (Lipinski definition) is 1. The first-order valence-corrected chi connectivity index (χ1v) is 9.22. The van der Waals surface area contributed by atoms with Gasteiger partial charge in [0.2, 0.25) is 4.96 Å². The second-order valence-corrected chi connectivity index (χ2v) is 7.06. The monoisotopic (exact) mass is 376 g/mol. The van der Waals surface area contributed by atoms with Crippen molar-refractivity contribution in [2.24, 2.45) is 0 Å². The van der Waals surface area contributed by atoms with Gasteiger partial charge in [-0.2, -0.15) is 9.61 Å². The van der Waals surface area contributed by atoms with Gasteiger partial charge in [-0.25, -0.2) is 4.98 Å². The van der Waals surface area contributed by atoms with E-state index in [-0.39, 0.29) is 18.0 Å². The molecule has 0 spiro atoms. The Balaban J connectivity index is 1.58. The van der Waals surface area contributed by atoms with Crippen molar-refractivity contribution in [2.75, 3.05) is 0 Å². The number of aromatic nitrogens is 3. The Labute approximate surface area is 159 Å². The van der Waals surface area contributed by atoms with Crippen LogP contribution < -0.4 is 10.9 Å². The zero-order valence-electron chi connectivity index (χ0n) is 14.5. The quantitative estimate of drug-likeness (QED) is 0.594. The van der Waals surface area contributed by atoms with Crippen molar-refractivity contribution in [1.82, 2.24) is 19.9 Å². The van der Waals surface area contributed by atoms with Crippen LogP contribution in [0.4, 0.5) is 0 Å². The average Bonchev–Trinajstić information content (AvgIpc) is 3.12. The highest BCUT2D eigenvalue weighted by Crippen LogP contribution is 2.23. The topological polar surface area (TPSA) is 76.4 Å². The predicted molar refractivity (Wildman–Crippen MR) is 105 cm³/mol. The summed E-state index contributed by atoms with van der Waals surface area (Å²) < 4.78 is 1.29. The molecule has 0 saturated carbocycles. The number of benzene rings is 2. The van der Waals surface area contributed by atoms with Crippen LogP contribution >= 0.6 is 11.3 Å². The van der Waals surface area contributed by atoms with Crippen molar-refractivity contribution in [3.8, 4) is 10.6 Å². The average molecular weight is 376 g/mol. The van der Waals surface area contributed by atoms with Crippen LogP contribution in [0.25, 0.3) is 15.5 Å². The number of carbonyl (C=O) groups excluding carboxylic acids is 1. The lowest BCUT2D eigenvalue weighted by Gasteiger charge is -2.05. The molecule has 7 heteroatoms. The number of fused-ring (bicyclic) bond motifs is 1. The van der Waals surface area contributed by atoms with E-state index in [4.69, 9.17) is 0 Å². The molecule has 4 rings (SSSR count). The summed E-state index contributed by atoms with van der Waals surface area (Å²) in [6.45, 7) is 2.11. The molecule has 0 aliphatic carbocycles. The van der Waals surface area contributed by atoms with E-state index in [1.165, 1.54) is 21.9 Å². The molecule has 0 bridgehead atoms. The van der Waals surface area contributed by atoms with Gasteiger partial charge in [0, 0.05) is 17.2 Å². The molecular weight excluding hydrogens is 360 g/mol. The minimum atomic E-state index is -0.266. The van der Waals surface area contributed by atoms with Crippen LogP contribution in [0.15, 0.2) is 65.5 Å². The molecule has 1 N–H and O–H groups in total. The molecule has 1 amide bonds. The van der Waals surface area contributed by atoms with Gasteiger partial charge in [-0.05, 0) is 19.1 Å². The molecule has 4 aromatic rings. The minimum Gasteiger partial charge on any atom is -0.346 e. The second-order valence-electron chi connectivity index (χ2n) is 6.11. The van der Waals surface area contributed by atoms with Gasteiger partial charge in [0.1, 0.15) is 5.01 Å². The number of hydrogen-bond acceptors (Lipinski definition) is 5. The van der Waals surface area contributed by atoms with Crippen molar-refractivity contribution >= 4 is 22.2 Å². The van der Waals surface area contributed by atoms with E-state index in [1.807, 2.05) is 55.5 Å². The SMILES string of the molecule is Cc1cccc(C(=O)NCc2cc(=O)n3nc(-c4ccccc4)sc3n2)c1. The van der Waals surface area contributed by atoms with Crippen LogP contribution in [0, 0.1) is 6.92 Å². The highest BCUT2D eigenvalue weighted by molar-refractivity contribution is 7.19. The minimum absolute atomic E-state index is 0.178. The summed E-state index contributed by atoms with van der Waals surface area (Å²) in [7, 11) is 0. The molecule has 2 aromatic carbocycles. The van der Waals surface area contributed by atoms with Crippen LogP contribution in [0.1, 0.15) is 21.6 Å². The predicted octanol–water partition coefficient (Wildman–Crippen LogP) is 3.06. The lowest BCUT2D eigenvalue weighted by atomic mass is 10.1. The molecular formula is C20H16N4O2S. The van der Waals surface area contributed by atoms with E-state index in [0.717, 1.165) is 16.1 Å². The third-order valence-corrected chi connectivity index (χ3v) is 4.99. The number of aryl methyl sites for hydroxylation is 1.